The summed E-state index contributed by atoms with van der Waals surface area (Å²) in [6.07, 6.45) is 2.65. The Morgan fingerprint density at radius 3 is 2.62 bits per heavy atom. The fourth-order valence-electron chi connectivity index (χ4n) is 3.42. The van der Waals surface area contributed by atoms with Crippen LogP contribution in [0.1, 0.15) is 22.8 Å². The van der Waals surface area contributed by atoms with Crippen molar-refractivity contribution in [2.75, 3.05) is 4.72 Å². The number of anilines is 1. The van der Waals surface area contributed by atoms with Crippen molar-refractivity contribution in [3.63, 3.8) is 0 Å². The van der Waals surface area contributed by atoms with Gasteiger partial charge in [0.2, 0.25) is 0 Å². The van der Waals surface area contributed by atoms with Crippen molar-refractivity contribution in [3.05, 3.63) is 101 Å². The van der Waals surface area contributed by atoms with Crippen molar-refractivity contribution < 1.29 is 17.6 Å². The zero-order valence-electron chi connectivity index (χ0n) is 18.4. The summed E-state index contributed by atoms with van der Waals surface area (Å²) in [5.41, 5.74) is 2.59. The number of thiazole rings is 1. The third-order valence-electron chi connectivity index (χ3n) is 5.15. The van der Waals surface area contributed by atoms with E-state index in [0.29, 0.717) is 11.3 Å². The summed E-state index contributed by atoms with van der Waals surface area (Å²) >= 11 is 1.41. The number of allylic oxidation sites excluding steroid dienone is 1. The summed E-state index contributed by atoms with van der Waals surface area (Å²) in [6, 6.07) is 16.7. The fourth-order valence-corrected chi connectivity index (χ4v) is 5.57. The van der Waals surface area contributed by atoms with E-state index in [1.54, 1.807) is 18.2 Å². The molecule has 0 saturated carbocycles. The number of nitrogens with one attached hydrogen (secondary N) is 1. The number of sulfonamides is 1. The van der Waals surface area contributed by atoms with Gasteiger partial charge >= 0.3 is 0 Å². The summed E-state index contributed by atoms with van der Waals surface area (Å²) in [4.78, 5) is 17.7. The molecule has 0 unspecified atom stereocenters. The lowest BCUT2D eigenvalue weighted by molar-refractivity contribution is 0.0998. The number of carbonyl (C=O) groups is 1. The molecule has 0 aliphatic rings. The quantitative estimate of drug-likeness (QED) is 0.361. The number of nitrogens with zero attached hydrogens (tertiary/aromatic N) is 2. The van der Waals surface area contributed by atoms with Crippen molar-refractivity contribution in [1.29, 1.82) is 0 Å². The van der Waals surface area contributed by atoms with Crippen LogP contribution in [0.2, 0.25) is 0 Å². The van der Waals surface area contributed by atoms with Gasteiger partial charge in [-0.15, -0.1) is 6.58 Å². The fraction of sp³-hybridized carbons (Fsp3) is 0.120. The van der Waals surface area contributed by atoms with Crippen LogP contribution in [0.5, 0.6) is 0 Å². The van der Waals surface area contributed by atoms with Gasteiger partial charge in [0, 0.05) is 17.8 Å². The lowest BCUT2D eigenvalue weighted by Crippen LogP contribution is -2.16. The van der Waals surface area contributed by atoms with Gasteiger partial charge in [0.05, 0.1) is 15.1 Å². The largest absolute Gasteiger partial charge is 0.312 e. The van der Waals surface area contributed by atoms with Gasteiger partial charge in [0.15, 0.2) is 4.80 Å². The molecule has 0 atom stereocenters. The topological polar surface area (TPSA) is 80.5 Å². The minimum Gasteiger partial charge on any atom is -0.312 e. The van der Waals surface area contributed by atoms with Gasteiger partial charge in [-0.2, -0.15) is 4.99 Å². The van der Waals surface area contributed by atoms with E-state index in [4.69, 9.17) is 0 Å². The van der Waals surface area contributed by atoms with Crippen molar-refractivity contribution >= 4 is 43.2 Å². The molecule has 4 aromatic rings. The zero-order valence-corrected chi connectivity index (χ0v) is 20.0. The highest BCUT2D eigenvalue weighted by molar-refractivity contribution is 7.92. The van der Waals surface area contributed by atoms with Gasteiger partial charge in [0.1, 0.15) is 5.82 Å². The molecular formula is C25H22FN3O3S2. The van der Waals surface area contributed by atoms with Gasteiger partial charge in [0.25, 0.3) is 15.9 Å². The maximum absolute atomic E-state index is 13.1. The van der Waals surface area contributed by atoms with Crippen LogP contribution in [-0.4, -0.2) is 18.9 Å². The number of hydrogen-bond donors (Lipinski definition) is 1. The molecule has 1 N–H and O–H groups in total. The molecule has 174 valence electrons. The number of carbonyl (C=O) groups excluding carboxylic acids is 1. The number of amides is 1. The van der Waals surface area contributed by atoms with E-state index in [9.17, 15) is 17.6 Å². The van der Waals surface area contributed by atoms with Gasteiger partial charge in [-0.3, -0.25) is 9.52 Å². The maximum atomic E-state index is 13.1. The van der Waals surface area contributed by atoms with Crippen LogP contribution in [0, 0.1) is 5.82 Å². The molecule has 34 heavy (non-hydrogen) atoms. The van der Waals surface area contributed by atoms with Crippen LogP contribution in [0.4, 0.5) is 10.1 Å². The van der Waals surface area contributed by atoms with Crippen molar-refractivity contribution in [1.82, 2.24) is 4.57 Å². The number of hydrogen-bond acceptors (Lipinski definition) is 4. The Morgan fingerprint density at radius 1 is 1.15 bits per heavy atom. The van der Waals surface area contributed by atoms with Crippen molar-refractivity contribution in [2.24, 2.45) is 4.99 Å². The van der Waals surface area contributed by atoms with E-state index in [1.165, 1.54) is 41.2 Å². The minimum absolute atomic E-state index is 0.0856. The second-order valence-electron chi connectivity index (χ2n) is 7.50. The molecule has 0 bridgehead atoms. The highest BCUT2D eigenvalue weighted by Gasteiger charge is 2.16. The molecule has 0 aliphatic carbocycles. The molecule has 1 heterocycles. The van der Waals surface area contributed by atoms with E-state index in [1.807, 2.05) is 10.6 Å². The Labute approximate surface area is 200 Å². The van der Waals surface area contributed by atoms with Gasteiger partial charge in [-0.25, -0.2) is 12.8 Å². The average molecular weight is 496 g/mol. The summed E-state index contributed by atoms with van der Waals surface area (Å²) in [5.74, 6) is -1.03. The van der Waals surface area contributed by atoms with Crippen LogP contribution < -0.4 is 9.52 Å². The summed E-state index contributed by atoms with van der Waals surface area (Å²) < 4.78 is 43.7. The number of aryl methyl sites for hydroxylation is 1. The second-order valence-corrected chi connectivity index (χ2v) is 10.2. The first-order chi connectivity index (χ1) is 16.3. The highest BCUT2D eigenvalue weighted by atomic mass is 32.2. The molecule has 4 rings (SSSR count). The van der Waals surface area contributed by atoms with Crippen LogP contribution in [0.25, 0.3) is 10.2 Å². The third kappa shape index (κ3) is 5.00. The Hall–Kier alpha value is -3.56. The highest BCUT2D eigenvalue weighted by Crippen LogP contribution is 2.21. The van der Waals surface area contributed by atoms with E-state index in [-0.39, 0.29) is 16.1 Å². The number of aromatic nitrogens is 1. The van der Waals surface area contributed by atoms with Gasteiger partial charge < -0.3 is 4.57 Å². The molecule has 0 aliphatic heterocycles. The average Bonchev–Trinajstić information content (AvgIpc) is 3.15. The summed E-state index contributed by atoms with van der Waals surface area (Å²) in [6.45, 7) is 6.38. The van der Waals surface area contributed by atoms with E-state index in [0.717, 1.165) is 28.8 Å². The molecule has 3 aromatic carbocycles. The third-order valence-corrected chi connectivity index (χ3v) is 7.59. The molecule has 9 heteroatoms. The van der Waals surface area contributed by atoms with Crippen LogP contribution in [0.15, 0.2) is 89.3 Å². The predicted molar refractivity (Wildman–Crippen MR) is 133 cm³/mol. The normalized spacial score (nSPS) is 12.1. The lowest BCUT2D eigenvalue weighted by atomic mass is 10.2. The van der Waals surface area contributed by atoms with E-state index < -0.39 is 21.7 Å². The molecule has 1 amide bonds. The van der Waals surface area contributed by atoms with Gasteiger partial charge in [-0.05, 0) is 66.6 Å². The van der Waals surface area contributed by atoms with Crippen LogP contribution in [-0.2, 0) is 23.0 Å². The van der Waals surface area contributed by atoms with E-state index >= 15 is 0 Å². The molecule has 0 spiro atoms. The molecule has 1 aromatic heterocycles. The van der Waals surface area contributed by atoms with Crippen molar-refractivity contribution in [3.8, 4) is 0 Å². The monoisotopic (exact) mass is 495 g/mol. The Balaban J connectivity index is 1.67. The molecule has 0 saturated heterocycles. The number of benzene rings is 3. The molecule has 0 radical (unpaired) electrons. The number of halogens is 1. The zero-order chi connectivity index (χ0) is 24.3. The van der Waals surface area contributed by atoms with Gasteiger partial charge in [-0.1, -0.05) is 36.5 Å². The second kappa shape index (κ2) is 9.74. The lowest BCUT2D eigenvalue weighted by Gasteiger charge is -2.09. The smallest absolute Gasteiger partial charge is 0.279 e. The first kappa shape index (κ1) is 23.6. The Kier molecular flexibility index (Phi) is 6.76. The minimum atomic E-state index is -3.94. The summed E-state index contributed by atoms with van der Waals surface area (Å²) in [7, 11) is -3.94. The molecule has 0 fully saturated rings. The molecular weight excluding hydrogens is 473 g/mol. The van der Waals surface area contributed by atoms with Crippen LogP contribution in [0.3, 0.4) is 0 Å². The predicted octanol–water partition coefficient (Wildman–Crippen LogP) is 5.13. The molecule has 6 nitrogen and oxygen atoms in total. The Morgan fingerprint density at radius 2 is 1.91 bits per heavy atom. The van der Waals surface area contributed by atoms with Crippen molar-refractivity contribution in [2.45, 2.75) is 24.8 Å². The Bertz CT molecular complexity index is 1550. The summed E-state index contributed by atoms with van der Waals surface area (Å²) in [5, 5.41) is 0. The van der Waals surface area contributed by atoms with E-state index in [2.05, 4.69) is 35.3 Å². The number of rotatable bonds is 7. The first-order valence-corrected chi connectivity index (χ1v) is 12.8. The standard InChI is InChI=1S/C25H22FN3O3S2/c1-3-14-29-22-13-8-17(4-2)15-23(22)33-25(29)27-24(30)18-6-5-7-20(16-18)28-34(31,32)21-11-9-19(26)10-12-21/h3,5-13,15-16,28H,1,4,14H2,2H3. The number of fused-ring (bicyclic) bond motifs is 1. The van der Waals surface area contributed by atoms with Crippen LogP contribution >= 0.6 is 11.3 Å². The first-order valence-electron chi connectivity index (χ1n) is 10.5. The SMILES string of the molecule is C=CCn1c(=NC(=O)c2cccc(NS(=O)(=O)c3ccc(F)cc3)c2)sc2cc(CC)ccc21. The maximum Gasteiger partial charge on any atom is 0.279 e.